The third-order valence-electron chi connectivity index (χ3n) is 14.7. The lowest BCUT2D eigenvalue weighted by Gasteiger charge is -2.28. The normalized spacial score (nSPS) is 11.6. The number of hydrogen-bond donors (Lipinski definition) is 0. The second-order valence-corrected chi connectivity index (χ2v) is 18.8. The van der Waals surface area contributed by atoms with Crippen molar-refractivity contribution in [2.45, 2.75) is 0 Å². The fourth-order valence-electron chi connectivity index (χ4n) is 11.5. The third kappa shape index (κ3) is 6.88. The molecule has 14 rings (SSSR count). The highest BCUT2D eigenvalue weighted by molar-refractivity contribution is 6.22. The third-order valence-corrected chi connectivity index (χ3v) is 14.7. The minimum absolute atomic E-state index is 1.08. The average molecular weight is 915 g/mol. The summed E-state index contributed by atoms with van der Waals surface area (Å²) in [6.07, 6.45) is 0. The summed E-state index contributed by atoms with van der Waals surface area (Å²) < 4.78 is 2.38. The van der Waals surface area contributed by atoms with Crippen LogP contribution in [0.15, 0.2) is 279 Å². The van der Waals surface area contributed by atoms with Crippen LogP contribution in [-0.4, -0.2) is 4.57 Å². The van der Waals surface area contributed by atoms with E-state index in [1.807, 2.05) is 0 Å². The molecule has 0 N–H and O–H groups in total. The number of nitrogens with zero attached hydrogens (tertiary/aromatic N) is 2. The predicted molar refractivity (Wildman–Crippen MR) is 307 cm³/mol. The minimum Gasteiger partial charge on any atom is -0.310 e. The highest BCUT2D eigenvalue weighted by atomic mass is 15.1. The Hall–Kier alpha value is -9.50. The number of aromatic nitrogens is 1. The van der Waals surface area contributed by atoms with E-state index in [0.717, 1.165) is 39.4 Å². The van der Waals surface area contributed by atoms with Crippen LogP contribution >= 0.6 is 0 Å². The van der Waals surface area contributed by atoms with Gasteiger partial charge in [-0.05, 0) is 149 Å². The fourth-order valence-corrected chi connectivity index (χ4v) is 11.5. The molecule has 0 radical (unpaired) electrons. The summed E-state index contributed by atoms with van der Waals surface area (Å²) in [7, 11) is 0. The SMILES string of the molecule is c1ccc(-c2c(-c3ccccc3)c3cc(-c4ccc(N(c5ccc6c(ccc7ccccc76)c5)c5ccccc5-c5ccc6c(c5)c5ccccc5n6-c5ccccc5)cc4)ccc3c3ccccc23)cc1. The number of fused-ring (bicyclic) bond motifs is 9. The van der Waals surface area contributed by atoms with Gasteiger partial charge in [0.1, 0.15) is 0 Å². The van der Waals surface area contributed by atoms with E-state index in [4.69, 9.17) is 0 Å². The van der Waals surface area contributed by atoms with E-state index in [1.165, 1.54) is 92.7 Å². The second kappa shape index (κ2) is 17.2. The molecule has 1 aromatic heterocycles. The summed E-state index contributed by atoms with van der Waals surface area (Å²) in [6, 6.07) is 102. The van der Waals surface area contributed by atoms with Gasteiger partial charge in [0.05, 0.1) is 16.7 Å². The molecule has 0 aliphatic carbocycles. The highest BCUT2D eigenvalue weighted by Gasteiger charge is 2.22. The summed E-state index contributed by atoms with van der Waals surface area (Å²) in [5, 5.41) is 12.4. The lowest BCUT2D eigenvalue weighted by molar-refractivity contribution is 1.18. The molecule has 0 saturated carbocycles. The quantitative estimate of drug-likeness (QED) is 0.138. The van der Waals surface area contributed by atoms with Crippen LogP contribution in [0.2, 0.25) is 0 Å². The molecule has 0 amide bonds. The Morgan fingerprint density at radius 1 is 0.250 bits per heavy atom. The maximum absolute atomic E-state index is 2.44. The second-order valence-electron chi connectivity index (χ2n) is 18.8. The average Bonchev–Trinajstić information content (AvgIpc) is 3.79. The lowest BCUT2D eigenvalue weighted by Crippen LogP contribution is -2.11. The van der Waals surface area contributed by atoms with Gasteiger partial charge in [-0.2, -0.15) is 0 Å². The maximum Gasteiger partial charge on any atom is 0.0541 e. The first kappa shape index (κ1) is 41.5. The molecule has 336 valence electrons. The van der Waals surface area contributed by atoms with Gasteiger partial charge in [0.25, 0.3) is 0 Å². The zero-order valence-electron chi connectivity index (χ0n) is 39.5. The molecule has 72 heavy (non-hydrogen) atoms. The molecule has 2 nitrogen and oxygen atoms in total. The van der Waals surface area contributed by atoms with Crippen LogP contribution in [0.1, 0.15) is 0 Å². The van der Waals surface area contributed by atoms with Crippen LogP contribution in [0.3, 0.4) is 0 Å². The molecule has 0 unspecified atom stereocenters. The molecule has 0 atom stereocenters. The van der Waals surface area contributed by atoms with Crippen molar-refractivity contribution < 1.29 is 0 Å². The van der Waals surface area contributed by atoms with Gasteiger partial charge in [-0.15, -0.1) is 0 Å². The smallest absolute Gasteiger partial charge is 0.0541 e. The molecule has 13 aromatic carbocycles. The highest BCUT2D eigenvalue weighted by Crippen LogP contribution is 2.47. The topological polar surface area (TPSA) is 8.17 Å². The molecular formula is C70H46N2. The molecule has 14 aromatic rings. The largest absolute Gasteiger partial charge is 0.310 e. The van der Waals surface area contributed by atoms with Crippen molar-refractivity contribution in [1.29, 1.82) is 0 Å². The molecule has 0 aliphatic rings. The molecule has 0 fully saturated rings. The Bertz CT molecular complexity index is 4360. The Labute approximate surface area is 418 Å². The fraction of sp³-hybridized carbons (Fsp3) is 0. The summed E-state index contributed by atoms with van der Waals surface area (Å²) in [5.74, 6) is 0. The molecule has 0 aliphatic heterocycles. The molecule has 2 heteroatoms. The Kier molecular flexibility index (Phi) is 9.89. The van der Waals surface area contributed by atoms with E-state index in [1.54, 1.807) is 0 Å². The van der Waals surface area contributed by atoms with Gasteiger partial charge in [-0.25, -0.2) is 0 Å². The van der Waals surface area contributed by atoms with E-state index in [2.05, 4.69) is 289 Å². The van der Waals surface area contributed by atoms with Crippen molar-refractivity contribution in [2.75, 3.05) is 4.90 Å². The van der Waals surface area contributed by atoms with E-state index in [-0.39, 0.29) is 0 Å². The monoisotopic (exact) mass is 914 g/mol. The molecular weight excluding hydrogens is 869 g/mol. The van der Waals surface area contributed by atoms with Gasteiger partial charge >= 0.3 is 0 Å². The first-order valence-electron chi connectivity index (χ1n) is 24.8. The number of rotatable bonds is 8. The summed E-state index contributed by atoms with van der Waals surface area (Å²) in [6.45, 7) is 0. The van der Waals surface area contributed by atoms with Crippen LogP contribution in [0.5, 0.6) is 0 Å². The number of hydrogen-bond acceptors (Lipinski definition) is 1. The van der Waals surface area contributed by atoms with Crippen LogP contribution < -0.4 is 4.90 Å². The lowest BCUT2D eigenvalue weighted by atomic mass is 9.84. The summed E-state index contributed by atoms with van der Waals surface area (Å²) in [5.41, 5.74) is 16.4. The van der Waals surface area contributed by atoms with E-state index >= 15 is 0 Å². The molecule has 0 bridgehead atoms. The van der Waals surface area contributed by atoms with Crippen molar-refractivity contribution in [3.05, 3.63) is 279 Å². The predicted octanol–water partition coefficient (Wildman–Crippen LogP) is 19.5. The van der Waals surface area contributed by atoms with E-state index in [0.29, 0.717) is 0 Å². The van der Waals surface area contributed by atoms with Crippen LogP contribution in [0, 0.1) is 0 Å². The van der Waals surface area contributed by atoms with Crippen molar-refractivity contribution in [3.8, 4) is 50.2 Å². The van der Waals surface area contributed by atoms with Gasteiger partial charge in [0.15, 0.2) is 0 Å². The summed E-state index contributed by atoms with van der Waals surface area (Å²) in [4.78, 5) is 2.44. The standard InChI is InChI=1S/C70H46N2/c1-4-19-49(20-5-1)69-63-29-13-12-27-60(63)61-41-36-51(45-65(61)70(69)50-21-6-2-7-22-50)47-34-38-55(39-35-47)71(56-40-42-58-52(44-56)33-32-48-18-10-11-25-57(48)58)66-30-16-14-26-59(66)53-37-43-68-64(46-53)62-28-15-17-31-67(62)72(68)54-23-8-3-9-24-54/h1-46H. The molecule has 0 spiro atoms. The van der Waals surface area contributed by atoms with Gasteiger partial charge in [-0.1, -0.05) is 212 Å². The maximum atomic E-state index is 2.44. The van der Waals surface area contributed by atoms with E-state index < -0.39 is 0 Å². The van der Waals surface area contributed by atoms with E-state index in [9.17, 15) is 0 Å². The number of para-hydroxylation sites is 3. The van der Waals surface area contributed by atoms with Gasteiger partial charge in [-0.3, -0.25) is 0 Å². The number of benzene rings is 13. The van der Waals surface area contributed by atoms with Gasteiger partial charge in [0.2, 0.25) is 0 Å². The van der Waals surface area contributed by atoms with Crippen molar-refractivity contribution in [1.82, 2.24) is 4.57 Å². The zero-order chi connectivity index (χ0) is 47.5. The summed E-state index contributed by atoms with van der Waals surface area (Å²) >= 11 is 0. The minimum atomic E-state index is 1.08. The van der Waals surface area contributed by atoms with Crippen LogP contribution in [0.4, 0.5) is 17.1 Å². The van der Waals surface area contributed by atoms with Gasteiger partial charge in [0, 0.05) is 33.4 Å². The Morgan fingerprint density at radius 2 is 0.764 bits per heavy atom. The first-order chi connectivity index (χ1) is 35.7. The molecule has 0 saturated heterocycles. The van der Waals surface area contributed by atoms with Crippen molar-refractivity contribution in [2.24, 2.45) is 0 Å². The molecule has 1 heterocycles. The first-order valence-corrected chi connectivity index (χ1v) is 24.8. The number of anilines is 3. The van der Waals surface area contributed by atoms with Crippen LogP contribution in [-0.2, 0) is 0 Å². The Balaban J connectivity index is 0.941. The van der Waals surface area contributed by atoms with Crippen molar-refractivity contribution in [3.63, 3.8) is 0 Å². The van der Waals surface area contributed by atoms with Gasteiger partial charge < -0.3 is 9.47 Å². The Morgan fingerprint density at radius 3 is 1.54 bits per heavy atom. The van der Waals surface area contributed by atoms with Crippen LogP contribution in [0.25, 0.3) is 115 Å². The van der Waals surface area contributed by atoms with Crippen molar-refractivity contribution >= 4 is 82.0 Å². The zero-order valence-corrected chi connectivity index (χ0v) is 39.5.